The van der Waals surface area contributed by atoms with Crippen LogP contribution >= 0.6 is 11.8 Å². The molecule has 30 heavy (non-hydrogen) atoms. The number of aliphatic carboxylic acids is 1. The van der Waals surface area contributed by atoms with Crippen molar-refractivity contribution in [3.05, 3.63) is 53.6 Å². The lowest BCUT2D eigenvalue weighted by Gasteiger charge is -2.27. The number of thioether (sulfide) groups is 1. The first kappa shape index (κ1) is 21.6. The van der Waals surface area contributed by atoms with Crippen molar-refractivity contribution in [2.24, 2.45) is 0 Å². The van der Waals surface area contributed by atoms with Crippen molar-refractivity contribution < 1.29 is 33.6 Å². The van der Waals surface area contributed by atoms with Crippen LogP contribution in [-0.4, -0.2) is 55.2 Å². The molecule has 0 spiro atoms. The Labute approximate surface area is 178 Å². The molecule has 1 unspecified atom stereocenters. The lowest BCUT2D eigenvalue weighted by Crippen LogP contribution is -2.43. The highest BCUT2D eigenvalue weighted by molar-refractivity contribution is 7.99. The van der Waals surface area contributed by atoms with Crippen LogP contribution < -0.4 is 14.2 Å². The third kappa shape index (κ3) is 4.40. The molecule has 160 valence electrons. The summed E-state index contributed by atoms with van der Waals surface area (Å²) < 4.78 is 21.5. The minimum Gasteiger partial charge on any atom is -0.493 e. The molecule has 1 amide bonds. The quantitative estimate of drug-likeness (QED) is 0.709. The van der Waals surface area contributed by atoms with E-state index in [4.69, 9.17) is 18.9 Å². The van der Waals surface area contributed by atoms with Gasteiger partial charge in [-0.15, -0.1) is 11.8 Å². The van der Waals surface area contributed by atoms with Gasteiger partial charge in [0.05, 0.1) is 21.3 Å². The maximum atomic E-state index is 12.9. The zero-order valence-electron chi connectivity index (χ0n) is 16.9. The van der Waals surface area contributed by atoms with E-state index in [0.29, 0.717) is 22.8 Å². The second-order valence-electron chi connectivity index (χ2n) is 6.45. The molecule has 1 saturated heterocycles. The minimum absolute atomic E-state index is 0.0507. The molecule has 2 atom stereocenters. The summed E-state index contributed by atoms with van der Waals surface area (Å²) in [6.45, 7) is 0.0507. The van der Waals surface area contributed by atoms with Crippen molar-refractivity contribution in [2.75, 3.05) is 27.1 Å². The number of carboxylic acid groups (broad SMARTS) is 1. The van der Waals surface area contributed by atoms with E-state index >= 15 is 0 Å². The summed E-state index contributed by atoms with van der Waals surface area (Å²) in [6.07, 6.45) is -0.699. The van der Waals surface area contributed by atoms with Gasteiger partial charge in [0.1, 0.15) is 18.0 Å². The fraction of sp³-hybridized carbons (Fsp3) is 0.333. The number of amides is 1. The summed E-state index contributed by atoms with van der Waals surface area (Å²) in [7, 11) is 4.49. The first-order valence-corrected chi connectivity index (χ1v) is 10.2. The molecule has 0 saturated carbocycles. The van der Waals surface area contributed by atoms with Gasteiger partial charge in [-0.3, -0.25) is 4.90 Å². The van der Waals surface area contributed by atoms with Crippen LogP contribution in [0.15, 0.2) is 42.5 Å². The van der Waals surface area contributed by atoms with Crippen LogP contribution in [-0.2, 0) is 16.1 Å². The van der Waals surface area contributed by atoms with Crippen molar-refractivity contribution in [3.8, 4) is 17.2 Å². The third-order valence-corrected chi connectivity index (χ3v) is 6.00. The zero-order valence-corrected chi connectivity index (χ0v) is 17.7. The number of carboxylic acids is 1. The predicted molar refractivity (Wildman–Crippen MR) is 111 cm³/mol. The van der Waals surface area contributed by atoms with Crippen LogP contribution in [0.4, 0.5) is 4.79 Å². The summed E-state index contributed by atoms with van der Waals surface area (Å²) in [6, 6.07) is 11.6. The molecule has 0 bridgehead atoms. The van der Waals surface area contributed by atoms with Gasteiger partial charge >= 0.3 is 12.1 Å². The lowest BCUT2D eigenvalue weighted by atomic mass is 10.1. The number of carbonyl (C=O) groups is 2. The largest absolute Gasteiger partial charge is 0.493 e. The lowest BCUT2D eigenvalue weighted by molar-refractivity contribution is -0.141. The van der Waals surface area contributed by atoms with E-state index < -0.39 is 23.5 Å². The Bertz CT molecular complexity index is 880. The van der Waals surface area contributed by atoms with Crippen LogP contribution in [0.5, 0.6) is 17.2 Å². The van der Waals surface area contributed by atoms with E-state index in [2.05, 4.69) is 0 Å². The van der Waals surface area contributed by atoms with E-state index in [0.717, 1.165) is 5.56 Å². The minimum atomic E-state index is -1.09. The number of methoxy groups -OCH3 is 3. The van der Waals surface area contributed by atoms with Crippen LogP contribution in [0.25, 0.3) is 0 Å². The number of carbonyl (C=O) groups excluding carboxylic acids is 1. The van der Waals surface area contributed by atoms with Crippen molar-refractivity contribution in [2.45, 2.75) is 18.0 Å². The SMILES string of the molecule is COc1cc(C2SC[C@@H](C(=O)O)N2C(=O)OCc2ccccc2)cc(OC)c1OC. The highest BCUT2D eigenvalue weighted by Gasteiger charge is 2.44. The van der Waals surface area contributed by atoms with Gasteiger partial charge in [0.15, 0.2) is 11.5 Å². The second-order valence-corrected chi connectivity index (χ2v) is 7.56. The van der Waals surface area contributed by atoms with Crippen molar-refractivity contribution in [3.63, 3.8) is 0 Å². The van der Waals surface area contributed by atoms with E-state index in [1.54, 1.807) is 12.1 Å². The van der Waals surface area contributed by atoms with Gasteiger partial charge in [0.2, 0.25) is 5.75 Å². The fourth-order valence-corrected chi connectivity index (χ4v) is 4.60. The molecule has 3 rings (SSSR count). The summed E-state index contributed by atoms with van der Waals surface area (Å²) in [4.78, 5) is 25.9. The van der Waals surface area contributed by atoms with Gasteiger partial charge in [-0.2, -0.15) is 0 Å². The fourth-order valence-electron chi connectivity index (χ4n) is 3.21. The molecule has 1 N–H and O–H groups in total. The molecule has 0 aliphatic carbocycles. The van der Waals surface area contributed by atoms with Gasteiger partial charge in [0, 0.05) is 5.75 Å². The summed E-state index contributed by atoms with van der Waals surface area (Å²) >= 11 is 1.33. The number of benzene rings is 2. The van der Waals surface area contributed by atoms with Gasteiger partial charge in [0.25, 0.3) is 0 Å². The average molecular weight is 433 g/mol. The topological polar surface area (TPSA) is 94.5 Å². The molecule has 1 aliphatic heterocycles. The smallest absolute Gasteiger partial charge is 0.412 e. The first-order valence-electron chi connectivity index (χ1n) is 9.13. The molecule has 0 aromatic heterocycles. The Morgan fingerprint density at radius 1 is 1.07 bits per heavy atom. The van der Waals surface area contributed by atoms with Gasteiger partial charge in [-0.1, -0.05) is 30.3 Å². The molecular weight excluding hydrogens is 410 g/mol. The molecule has 1 heterocycles. The first-order chi connectivity index (χ1) is 14.5. The van der Waals surface area contributed by atoms with E-state index in [-0.39, 0.29) is 12.4 Å². The van der Waals surface area contributed by atoms with Gasteiger partial charge in [-0.05, 0) is 23.3 Å². The van der Waals surface area contributed by atoms with Crippen LogP contribution in [0.1, 0.15) is 16.5 Å². The predicted octanol–water partition coefficient (Wildman–Crippen LogP) is 3.55. The van der Waals surface area contributed by atoms with Gasteiger partial charge < -0.3 is 24.1 Å². The van der Waals surface area contributed by atoms with Crippen LogP contribution in [0, 0.1) is 0 Å². The maximum Gasteiger partial charge on any atom is 0.412 e. The Kier molecular flexibility index (Phi) is 6.94. The zero-order chi connectivity index (χ0) is 21.7. The van der Waals surface area contributed by atoms with E-state index in [1.165, 1.54) is 38.0 Å². The normalized spacial score (nSPS) is 18.0. The van der Waals surface area contributed by atoms with Crippen molar-refractivity contribution in [1.29, 1.82) is 0 Å². The number of ether oxygens (including phenoxy) is 4. The molecular formula is C21H23NO7S. The summed E-state index contributed by atoms with van der Waals surface area (Å²) in [5.41, 5.74) is 1.46. The molecule has 1 aliphatic rings. The summed E-state index contributed by atoms with van der Waals surface area (Å²) in [5.74, 6) is 0.401. The molecule has 2 aromatic rings. The van der Waals surface area contributed by atoms with E-state index in [1.807, 2.05) is 30.3 Å². The maximum absolute atomic E-state index is 12.9. The third-order valence-electron chi connectivity index (χ3n) is 4.67. The second kappa shape index (κ2) is 9.62. The van der Waals surface area contributed by atoms with Crippen LogP contribution in [0.2, 0.25) is 0 Å². The Hall–Kier alpha value is -3.07. The number of rotatable bonds is 7. The van der Waals surface area contributed by atoms with Gasteiger partial charge in [-0.25, -0.2) is 9.59 Å². The highest BCUT2D eigenvalue weighted by Crippen LogP contribution is 2.47. The number of nitrogens with zero attached hydrogens (tertiary/aromatic N) is 1. The molecule has 8 nitrogen and oxygen atoms in total. The molecule has 1 fully saturated rings. The number of hydrogen-bond acceptors (Lipinski definition) is 7. The molecule has 9 heteroatoms. The standard InChI is InChI=1S/C21H23NO7S/c1-26-16-9-14(10-17(27-2)18(16)28-3)19-22(15(12-30-19)20(23)24)21(25)29-11-13-7-5-4-6-8-13/h4-10,15,19H,11-12H2,1-3H3,(H,23,24)/t15-,19?/m0/s1. The molecule has 2 aromatic carbocycles. The summed E-state index contributed by atoms with van der Waals surface area (Å²) in [5, 5.41) is 9.05. The average Bonchev–Trinajstić information content (AvgIpc) is 3.22. The van der Waals surface area contributed by atoms with Crippen molar-refractivity contribution in [1.82, 2.24) is 4.90 Å². The Morgan fingerprint density at radius 3 is 2.23 bits per heavy atom. The number of hydrogen-bond donors (Lipinski definition) is 1. The Balaban J connectivity index is 1.91. The molecule has 0 radical (unpaired) electrons. The van der Waals surface area contributed by atoms with Crippen molar-refractivity contribution >= 4 is 23.8 Å². The Morgan fingerprint density at radius 2 is 1.70 bits per heavy atom. The highest BCUT2D eigenvalue weighted by atomic mass is 32.2. The monoisotopic (exact) mass is 433 g/mol. The van der Waals surface area contributed by atoms with E-state index in [9.17, 15) is 14.7 Å². The van der Waals surface area contributed by atoms with Crippen LogP contribution in [0.3, 0.4) is 0 Å².